The molecule has 1 aromatic rings. The molecule has 0 saturated carbocycles. The van der Waals surface area contributed by atoms with Gasteiger partial charge < -0.3 is 4.90 Å². The Morgan fingerprint density at radius 1 is 1.10 bits per heavy atom. The predicted molar refractivity (Wildman–Crippen MR) is 88.3 cm³/mol. The van der Waals surface area contributed by atoms with Crippen LogP contribution >= 0.6 is 0 Å². The van der Waals surface area contributed by atoms with Crippen LogP contribution in [0, 0.1) is 0 Å². The quantitative estimate of drug-likeness (QED) is 0.786. The summed E-state index contributed by atoms with van der Waals surface area (Å²) in [5.41, 5.74) is 1.49. The first kappa shape index (κ1) is 14.6. The highest BCUT2D eigenvalue weighted by atomic mass is 16.2. The lowest BCUT2D eigenvalue weighted by molar-refractivity contribution is -0.127. The third-order valence-corrected chi connectivity index (χ3v) is 5.14. The molecule has 0 aliphatic carbocycles. The van der Waals surface area contributed by atoms with Gasteiger partial charge in [-0.05, 0) is 50.2 Å². The molecule has 0 spiro atoms. The lowest BCUT2D eigenvalue weighted by Crippen LogP contribution is -2.43. The zero-order valence-electron chi connectivity index (χ0n) is 13.0. The van der Waals surface area contributed by atoms with Crippen LogP contribution < -0.4 is 0 Å². The minimum Gasteiger partial charge on any atom is -0.342 e. The Balaban J connectivity index is 1.51. The van der Waals surface area contributed by atoms with Gasteiger partial charge in [-0.25, -0.2) is 0 Å². The van der Waals surface area contributed by atoms with Gasteiger partial charge in [0.05, 0.1) is 0 Å². The highest BCUT2D eigenvalue weighted by molar-refractivity contribution is 6.19. The van der Waals surface area contributed by atoms with Gasteiger partial charge in [-0.2, -0.15) is 0 Å². The molecule has 2 aliphatic rings. The van der Waals surface area contributed by atoms with Crippen molar-refractivity contribution in [1.29, 1.82) is 0 Å². The first-order valence-electron chi connectivity index (χ1n) is 8.34. The Morgan fingerprint density at radius 3 is 2.48 bits per heavy atom. The molecular weight excluding hydrogens is 259 g/mol. The molecule has 112 valence electrons. The lowest BCUT2D eigenvalue weighted by Gasteiger charge is -2.36. The van der Waals surface area contributed by atoms with Crippen LogP contribution in [-0.4, -0.2) is 55.8 Å². The fraction of sp³-hybridized carbons (Fsp3) is 0.588. The topological polar surface area (TPSA) is 23.6 Å². The van der Waals surface area contributed by atoms with E-state index in [-0.39, 0.29) is 0 Å². The molecule has 1 amide bonds. The zero-order chi connectivity index (χ0) is 14.7. The van der Waals surface area contributed by atoms with E-state index in [0.717, 1.165) is 25.4 Å². The molecule has 0 radical (unpaired) electrons. The Bertz CT molecular complexity index is 471. The smallest absolute Gasteiger partial charge is 0.214 e. The number of amides is 1. The number of hydrogen-bond donors (Lipinski definition) is 0. The number of likely N-dealkylation sites (tertiary alicyclic amines) is 2. The maximum absolute atomic E-state index is 11.8. The highest BCUT2D eigenvalue weighted by Gasteiger charge is 2.32. The highest BCUT2D eigenvalue weighted by Crippen LogP contribution is 2.30. The molecule has 0 bridgehead atoms. The van der Waals surface area contributed by atoms with Crippen molar-refractivity contribution in [1.82, 2.24) is 9.80 Å². The van der Waals surface area contributed by atoms with E-state index in [0.29, 0.717) is 18.3 Å². The van der Waals surface area contributed by atoms with Crippen LogP contribution in [0.5, 0.6) is 0 Å². The van der Waals surface area contributed by atoms with Crippen molar-refractivity contribution in [3.8, 4) is 0 Å². The number of carbonyl (C=O) groups is 1. The van der Waals surface area contributed by atoms with Gasteiger partial charge in [-0.1, -0.05) is 30.3 Å². The third kappa shape index (κ3) is 3.32. The van der Waals surface area contributed by atoms with E-state index < -0.39 is 0 Å². The number of carbonyl (C=O) groups excluding carboxylic acids is 1. The van der Waals surface area contributed by atoms with Crippen molar-refractivity contribution >= 4 is 13.8 Å². The number of nitrogens with zero attached hydrogens (tertiary/aromatic N) is 2. The molecule has 3 nitrogen and oxygen atoms in total. The van der Waals surface area contributed by atoms with E-state index in [4.69, 9.17) is 0 Å². The van der Waals surface area contributed by atoms with Crippen molar-refractivity contribution in [3.63, 3.8) is 0 Å². The molecule has 0 aromatic heterocycles. The van der Waals surface area contributed by atoms with Crippen LogP contribution in [0.2, 0.25) is 6.32 Å². The standard InChI is InChI=1S/C17H25BN2O/c18-12-17(21)20-11-8-16(13-20)19-9-6-15(7-10-19)14-4-2-1-3-5-14/h1-5,15-16H,6-13,18H2. The van der Waals surface area contributed by atoms with E-state index in [2.05, 4.69) is 35.2 Å². The summed E-state index contributed by atoms with van der Waals surface area (Å²) in [4.78, 5) is 16.4. The van der Waals surface area contributed by atoms with Gasteiger partial charge in [-0.3, -0.25) is 9.69 Å². The summed E-state index contributed by atoms with van der Waals surface area (Å²) in [6.07, 6.45) is 4.30. The molecule has 3 rings (SSSR count). The fourth-order valence-electron chi connectivity index (χ4n) is 3.81. The number of benzene rings is 1. The Kier molecular flexibility index (Phi) is 4.64. The second kappa shape index (κ2) is 6.65. The van der Waals surface area contributed by atoms with Crippen molar-refractivity contribution in [2.75, 3.05) is 26.2 Å². The van der Waals surface area contributed by atoms with E-state index >= 15 is 0 Å². The van der Waals surface area contributed by atoms with Gasteiger partial charge in [0, 0.05) is 19.1 Å². The summed E-state index contributed by atoms with van der Waals surface area (Å²) in [5.74, 6) is 1.04. The number of hydrogen-bond acceptors (Lipinski definition) is 2. The third-order valence-electron chi connectivity index (χ3n) is 5.14. The number of piperidine rings is 1. The summed E-state index contributed by atoms with van der Waals surface area (Å²) in [6.45, 7) is 4.26. The second-order valence-corrected chi connectivity index (χ2v) is 6.36. The van der Waals surface area contributed by atoms with Crippen molar-refractivity contribution in [2.24, 2.45) is 0 Å². The summed E-state index contributed by atoms with van der Waals surface area (Å²) in [5, 5.41) is 0. The predicted octanol–water partition coefficient (Wildman–Crippen LogP) is 1.52. The van der Waals surface area contributed by atoms with Crippen LogP contribution in [0.15, 0.2) is 30.3 Å². The van der Waals surface area contributed by atoms with E-state index in [1.54, 1.807) is 0 Å². The van der Waals surface area contributed by atoms with E-state index in [1.165, 1.54) is 31.5 Å². The molecule has 1 atom stereocenters. The van der Waals surface area contributed by atoms with E-state index in [9.17, 15) is 4.79 Å². The first-order chi connectivity index (χ1) is 10.3. The normalized spacial score (nSPS) is 24.4. The molecule has 0 N–H and O–H groups in total. The molecule has 2 aliphatic heterocycles. The van der Waals surface area contributed by atoms with Crippen molar-refractivity contribution < 1.29 is 4.79 Å². The maximum atomic E-state index is 11.8. The molecule has 2 heterocycles. The van der Waals surface area contributed by atoms with Crippen LogP contribution in [0.25, 0.3) is 0 Å². The zero-order valence-corrected chi connectivity index (χ0v) is 13.0. The molecule has 1 aromatic carbocycles. The molecular formula is C17H25BN2O. The van der Waals surface area contributed by atoms with Gasteiger partial charge in [0.2, 0.25) is 5.91 Å². The van der Waals surface area contributed by atoms with E-state index in [1.807, 2.05) is 12.7 Å². The molecule has 4 heteroatoms. The summed E-state index contributed by atoms with van der Waals surface area (Å²) < 4.78 is 0. The van der Waals surface area contributed by atoms with Crippen LogP contribution in [0.1, 0.15) is 30.7 Å². The molecule has 2 fully saturated rings. The molecule has 2 saturated heterocycles. The summed E-state index contributed by atoms with van der Waals surface area (Å²) >= 11 is 0. The Hall–Kier alpha value is -1.29. The number of rotatable bonds is 3. The van der Waals surface area contributed by atoms with Crippen molar-refractivity contribution in [2.45, 2.75) is 37.5 Å². The van der Waals surface area contributed by atoms with Crippen LogP contribution in [-0.2, 0) is 4.79 Å². The lowest BCUT2D eigenvalue weighted by atomic mass is 9.89. The maximum Gasteiger partial charge on any atom is 0.214 e. The minimum absolute atomic E-state index is 0.316. The SMILES string of the molecule is BCC(=O)N1CCC(N2CCC(c3ccccc3)CC2)C1. The van der Waals surface area contributed by atoms with Gasteiger partial charge in [0.15, 0.2) is 0 Å². The Labute approximate surface area is 128 Å². The van der Waals surface area contributed by atoms with Gasteiger partial charge >= 0.3 is 0 Å². The summed E-state index contributed by atoms with van der Waals surface area (Å²) in [7, 11) is 1.96. The molecule has 21 heavy (non-hydrogen) atoms. The van der Waals surface area contributed by atoms with Crippen molar-refractivity contribution in [3.05, 3.63) is 35.9 Å². The monoisotopic (exact) mass is 284 g/mol. The van der Waals surface area contributed by atoms with Gasteiger partial charge in [0.25, 0.3) is 0 Å². The second-order valence-electron chi connectivity index (χ2n) is 6.36. The average Bonchev–Trinajstić information content (AvgIpc) is 3.05. The minimum atomic E-state index is 0.316. The average molecular weight is 284 g/mol. The largest absolute Gasteiger partial charge is 0.342 e. The fourth-order valence-corrected chi connectivity index (χ4v) is 3.81. The van der Waals surface area contributed by atoms with Gasteiger partial charge in [0.1, 0.15) is 7.85 Å². The Morgan fingerprint density at radius 2 is 1.81 bits per heavy atom. The van der Waals surface area contributed by atoms with Crippen LogP contribution in [0.4, 0.5) is 0 Å². The first-order valence-corrected chi connectivity index (χ1v) is 8.34. The van der Waals surface area contributed by atoms with Gasteiger partial charge in [-0.15, -0.1) is 0 Å². The van der Waals surface area contributed by atoms with Crippen LogP contribution in [0.3, 0.4) is 0 Å². The summed E-state index contributed by atoms with van der Waals surface area (Å²) in [6, 6.07) is 11.5. The molecule has 1 unspecified atom stereocenters.